The van der Waals surface area contributed by atoms with Crippen LogP contribution in [0.5, 0.6) is 0 Å². The summed E-state index contributed by atoms with van der Waals surface area (Å²) >= 11 is 3.44. The molecule has 0 spiro atoms. The Morgan fingerprint density at radius 2 is 2.35 bits per heavy atom. The van der Waals surface area contributed by atoms with Crippen molar-refractivity contribution < 1.29 is 4.39 Å². The molecule has 1 atom stereocenters. The van der Waals surface area contributed by atoms with E-state index >= 15 is 4.39 Å². The maximum absolute atomic E-state index is 15.1. The van der Waals surface area contributed by atoms with E-state index < -0.39 is 5.67 Å². The van der Waals surface area contributed by atoms with Crippen molar-refractivity contribution in [1.82, 2.24) is 15.1 Å². The summed E-state index contributed by atoms with van der Waals surface area (Å²) in [5.74, 6) is 0. The Balaban J connectivity index is 2.32. The Morgan fingerprint density at radius 3 is 3.12 bits per heavy atom. The number of halogens is 2. The summed E-state index contributed by atoms with van der Waals surface area (Å²) < 4.78 is 17.7. The van der Waals surface area contributed by atoms with Gasteiger partial charge in [-0.25, -0.2) is 4.39 Å². The van der Waals surface area contributed by atoms with Crippen molar-refractivity contribution in [1.29, 1.82) is 0 Å². The standard InChI is InChI=1S/C12H19BrFN3/c1-2-8-17-11(10(13)9-16-17)12(14)4-3-6-15-7-5-12/h9,15H,2-8H2,1H3. The van der Waals surface area contributed by atoms with Gasteiger partial charge in [-0.05, 0) is 54.7 Å². The molecule has 1 aromatic heterocycles. The molecule has 17 heavy (non-hydrogen) atoms. The summed E-state index contributed by atoms with van der Waals surface area (Å²) in [4.78, 5) is 0. The van der Waals surface area contributed by atoms with Crippen LogP contribution in [-0.2, 0) is 12.2 Å². The monoisotopic (exact) mass is 303 g/mol. The molecule has 1 aliphatic rings. The van der Waals surface area contributed by atoms with Crippen molar-refractivity contribution in [2.45, 2.75) is 44.8 Å². The minimum atomic E-state index is -1.24. The van der Waals surface area contributed by atoms with Crippen LogP contribution in [0.3, 0.4) is 0 Å². The van der Waals surface area contributed by atoms with Crippen LogP contribution in [0.15, 0.2) is 10.7 Å². The third kappa shape index (κ3) is 2.71. The molecule has 1 aliphatic heterocycles. The van der Waals surface area contributed by atoms with Crippen molar-refractivity contribution in [2.24, 2.45) is 0 Å². The Bertz CT molecular complexity index is 370. The number of hydrogen-bond donors (Lipinski definition) is 1. The molecule has 0 saturated carbocycles. The number of nitrogens with zero attached hydrogens (tertiary/aromatic N) is 2. The van der Waals surface area contributed by atoms with Crippen LogP contribution in [0.1, 0.15) is 38.3 Å². The highest BCUT2D eigenvalue weighted by Gasteiger charge is 2.37. The van der Waals surface area contributed by atoms with E-state index in [0.717, 1.165) is 42.6 Å². The van der Waals surface area contributed by atoms with Crippen LogP contribution in [0.4, 0.5) is 4.39 Å². The zero-order chi connectivity index (χ0) is 12.3. The van der Waals surface area contributed by atoms with Crippen LogP contribution >= 0.6 is 15.9 Å². The molecule has 96 valence electrons. The molecule has 0 bridgehead atoms. The Labute approximate surface area is 110 Å². The highest BCUT2D eigenvalue weighted by Crippen LogP contribution is 2.39. The van der Waals surface area contributed by atoms with Gasteiger partial charge in [0.25, 0.3) is 0 Å². The molecule has 1 saturated heterocycles. The zero-order valence-electron chi connectivity index (χ0n) is 10.2. The summed E-state index contributed by atoms with van der Waals surface area (Å²) in [6, 6.07) is 0. The van der Waals surface area contributed by atoms with E-state index in [1.807, 2.05) is 4.68 Å². The van der Waals surface area contributed by atoms with Gasteiger partial charge in [0.05, 0.1) is 16.4 Å². The van der Waals surface area contributed by atoms with Gasteiger partial charge in [0.1, 0.15) is 0 Å². The Kier molecular flexibility index (Phi) is 4.20. The van der Waals surface area contributed by atoms with Gasteiger partial charge in [-0.3, -0.25) is 4.68 Å². The lowest BCUT2D eigenvalue weighted by Gasteiger charge is -2.25. The second-order valence-corrected chi connectivity index (χ2v) is 5.49. The lowest BCUT2D eigenvalue weighted by molar-refractivity contribution is 0.130. The van der Waals surface area contributed by atoms with Crippen LogP contribution < -0.4 is 5.32 Å². The minimum Gasteiger partial charge on any atom is -0.317 e. The van der Waals surface area contributed by atoms with Crippen molar-refractivity contribution in [3.63, 3.8) is 0 Å². The predicted octanol–water partition coefficient (Wildman–Crippen LogP) is 2.99. The molecule has 1 unspecified atom stereocenters. The Morgan fingerprint density at radius 1 is 1.53 bits per heavy atom. The van der Waals surface area contributed by atoms with E-state index in [2.05, 4.69) is 33.3 Å². The van der Waals surface area contributed by atoms with Gasteiger partial charge in [0.15, 0.2) is 5.67 Å². The van der Waals surface area contributed by atoms with Crippen molar-refractivity contribution in [3.8, 4) is 0 Å². The SMILES string of the molecule is CCCn1ncc(Br)c1C1(F)CCCNCC1. The molecule has 1 fully saturated rings. The van der Waals surface area contributed by atoms with Crippen LogP contribution in [-0.4, -0.2) is 22.9 Å². The van der Waals surface area contributed by atoms with Gasteiger partial charge in [-0.2, -0.15) is 5.10 Å². The number of nitrogens with one attached hydrogen (secondary N) is 1. The molecule has 3 nitrogen and oxygen atoms in total. The maximum Gasteiger partial charge on any atom is 0.154 e. The molecule has 2 rings (SSSR count). The fraction of sp³-hybridized carbons (Fsp3) is 0.750. The number of rotatable bonds is 3. The average molecular weight is 304 g/mol. The van der Waals surface area contributed by atoms with Crippen molar-refractivity contribution in [3.05, 3.63) is 16.4 Å². The highest BCUT2D eigenvalue weighted by molar-refractivity contribution is 9.10. The third-order valence-corrected chi connectivity index (χ3v) is 3.86. The predicted molar refractivity (Wildman–Crippen MR) is 69.7 cm³/mol. The van der Waals surface area contributed by atoms with Crippen molar-refractivity contribution in [2.75, 3.05) is 13.1 Å². The fourth-order valence-corrected chi connectivity index (χ4v) is 3.11. The molecular weight excluding hydrogens is 285 g/mol. The first-order valence-electron chi connectivity index (χ1n) is 6.29. The Hall–Kier alpha value is -0.420. The summed E-state index contributed by atoms with van der Waals surface area (Å²) in [6.07, 6.45) is 4.66. The average Bonchev–Trinajstić information content (AvgIpc) is 2.53. The van der Waals surface area contributed by atoms with Crippen LogP contribution in [0.2, 0.25) is 0 Å². The molecule has 0 radical (unpaired) electrons. The van der Waals surface area contributed by atoms with Gasteiger partial charge in [-0.15, -0.1) is 0 Å². The smallest absolute Gasteiger partial charge is 0.154 e. The summed E-state index contributed by atoms with van der Waals surface area (Å²) in [5.41, 5.74) is -0.517. The molecule has 1 aromatic rings. The largest absolute Gasteiger partial charge is 0.317 e. The number of aromatic nitrogens is 2. The second-order valence-electron chi connectivity index (χ2n) is 4.63. The van der Waals surface area contributed by atoms with E-state index in [-0.39, 0.29) is 0 Å². The maximum atomic E-state index is 15.1. The first kappa shape index (κ1) is 13.0. The van der Waals surface area contributed by atoms with E-state index in [9.17, 15) is 0 Å². The number of aryl methyl sites for hydroxylation is 1. The molecule has 0 aliphatic carbocycles. The van der Waals surface area contributed by atoms with Crippen molar-refractivity contribution >= 4 is 15.9 Å². The van der Waals surface area contributed by atoms with Gasteiger partial charge in [0, 0.05) is 6.54 Å². The first-order valence-corrected chi connectivity index (χ1v) is 7.08. The van der Waals surface area contributed by atoms with E-state index in [1.54, 1.807) is 6.20 Å². The fourth-order valence-electron chi connectivity index (χ4n) is 2.46. The summed E-state index contributed by atoms with van der Waals surface area (Å²) in [7, 11) is 0. The first-order chi connectivity index (χ1) is 8.17. The van der Waals surface area contributed by atoms with E-state index in [1.165, 1.54) is 0 Å². The molecule has 0 amide bonds. The molecule has 5 heteroatoms. The zero-order valence-corrected chi connectivity index (χ0v) is 11.8. The highest BCUT2D eigenvalue weighted by atomic mass is 79.9. The molecular formula is C12H19BrFN3. The molecule has 0 aromatic carbocycles. The lowest BCUT2D eigenvalue weighted by Crippen LogP contribution is -2.26. The third-order valence-electron chi connectivity index (χ3n) is 3.28. The number of alkyl halides is 1. The van der Waals surface area contributed by atoms with Gasteiger partial charge in [-0.1, -0.05) is 6.92 Å². The normalized spacial score (nSPS) is 25.8. The number of hydrogen-bond acceptors (Lipinski definition) is 2. The van der Waals surface area contributed by atoms with E-state index in [0.29, 0.717) is 12.8 Å². The quantitative estimate of drug-likeness (QED) is 0.930. The topological polar surface area (TPSA) is 29.9 Å². The summed E-state index contributed by atoms with van der Waals surface area (Å²) in [6.45, 7) is 4.50. The second kappa shape index (κ2) is 5.48. The minimum absolute atomic E-state index is 0.529. The molecule has 2 heterocycles. The van der Waals surface area contributed by atoms with Gasteiger partial charge < -0.3 is 5.32 Å². The lowest BCUT2D eigenvalue weighted by atomic mass is 9.93. The van der Waals surface area contributed by atoms with Gasteiger partial charge >= 0.3 is 0 Å². The van der Waals surface area contributed by atoms with E-state index in [4.69, 9.17) is 0 Å². The molecule has 1 N–H and O–H groups in total. The van der Waals surface area contributed by atoms with Crippen LogP contribution in [0, 0.1) is 0 Å². The van der Waals surface area contributed by atoms with Crippen LogP contribution in [0.25, 0.3) is 0 Å². The summed E-state index contributed by atoms with van der Waals surface area (Å²) in [5, 5.41) is 7.52. The van der Waals surface area contributed by atoms with Gasteiger partial charge in [0.2, 0.25) is 0 Å².